The van der Waals surface area contributed by atoms with Crippen molar-refractivity contribution in [2.45, 2.75) is 6.10 Å². The van der Waals surface area contributed by atoms with Crippen LogP contribution in [0.1, 0.15) is 27.6 Å². The van der Waals surface area contributed by atoms with Crippen LogP contribution >= 0.6 is 0 Å². The first-order chi connectivity index (χ1) is 17.4. The lowest BCUT2D eigenvalue weighted by Gasteiger charge is -2.14. The number of hydrazone groups is 1. The summed E-state index contributed by atoms with van der Waals surface area (Å²) in [7, 11) is 5.77. The molecule has 0 heterocycles. The van der Waals surface area contributed by atoms with Crippen molar-refractivity contribution in [1.29, 1.82) is 0 Å². The summed E-state index contributed by atoms with van der Waals surface area (Å²) in [6.45, 7) is 0. The minimum Gasteiger partial charge on any atom is -0.493 e. The van der Waals surface area contributed by atoms with Gasteiger partial charge in [0.05, 0.1) is 40.2 Å². The zero-order chi connectivity index (χ0) is 26.1. The van der Waals surface area contributed by atoms with Gasteiger partial charge in [-0.05, 0) is 41.5 Å². The number of esters is 1. The van der Waals surface area contributed by atoms with Crippen molar-refractivity contribution in [1.82, 2.24) is 5.43 Å². The summed E-state index contributed by atoms with van der Waals surface area (Å²) in [5, 5.41) is 14.0. The monoisotopic (exact) mass is 494 g/mol. The average molecular weight is 495 g/mol. The third kappa shape index (κ3) is 6.10. The van der Waals surface area contributed by atoms with E-state index < -0.39 is 18.0 Å². The maximum absolute atomic E-state index is 12.8. The van der Waals surface area contributed by atoms with E-state index in [2.05, 4.69) is 10.5 Å². The van der Waals surface area contributed by atoms with Crippen LogP contribution in [0.15, 0.2) is 65.8 Å². The number of methoxy groups -OCH3 is 4. The molecular formula is C26H26N2O8. The summed E-state index contributed by atoms with van der Waals surface area (Å²) in [6, 6.07) is 16.2. The number of aliphatic hydroxyl groups is 1. The van der Waals surface area contributed by atoms with Gasteiger partial charge in [0.2, 0.25) is 5.75 Å². The molecule has 1 unspecified atom stereocenters. The van der Waals surface area contributed by atoms with E-state index in [4.69, 9.17) is 23.7 Å². The molecule has 3 aromatic rings. The molecule has 10 nitrogen and oxygen atoms in total. The molecule has 3 rings (SSSR count). The number of nitrogens with zero attached hydrogens (tertiary/aromatic N) is 1. The molecule has 0 fully saturated rings. The Morgan fingerprint density at radius 1 is 0.833 bits per heavy atom. The van der Waals surface area contributed by atoms with E-state index in [0.29, 0.717) is 28.4 Å². The standard InChI is InChI=1S/C26H26N2O8/c1-32-20-12-16(15-27-28-25(30)23(29)17-8-6-5-7-9-17)10-11-19(20)36-26(31)18-13-21(33-2)24(35-4)22(14-18)34-3/h5-15,23,29H,1-4H3,(H,28,30)/b27-15+. The van der Waals surface area contributed by atoms with Crippen molar-refractivity contribution in [2.24, 2.45) is 5.10 Å². The van der Waals surface area contributed by atoms with Crippen LogP contribution in [0.4, 0.5) is 0 Å². The number of carbonyl (C=O) groups excluding carboxylic acids is 2. The largest absolute Gasteiger partial charge is 0.493 e. The molecule has 1 atom stereocenters. The molecule has 0 spiro atoms. The van der Waals surface area contributed by atoms with Gasteiger partial charge in [0.1, 0.15) is 0 Å². The number of amides is 1. The molecule has 0 saturated carbocycles. The van der Waals surface area contributed by atoms with Crippen LogP contribution in [-0.2, 0) is 4.79 Å². The van der Waals surface area contributed by atoms with Crippen LogP contribution in [-0.4, -0.2) is 51.6 Å². The van der Waals surface area contributed by atoms with E-state index in [-0.39, 0.29) is 17.1 Å². The van der Waals surface area contributed by atoms with Crippen molar-refractivity contribution in [3.8, 4) is 28.7 Å². The minimum absolute atomic E-state index is 0.164. The number of aliphatic hydroxyl groups excluding tert-OH is 1. The van der Waals surface area contributed by atoms with Crippen LogP contribution in [0, 0.1) is 0 Å². The Morgan fingerprint density at radius 2 is 1.47 bits per heavy atom. The quantitative estimate of drug-likeness (QED) is 0.191. The second-order valence-electron chi connectivity index (χ2n) is 7.26. The fourth-order valence-corrected chi connectivity index (χ4v) is 3.22. The molecule has 3 aromatic carbocycles. The molecule has 2 N–H and O–H groups in total. The number of benzene rings is 3. The highest BCUT2D eigenvalue weighted by Crippen LogP contribution is 2.38. The van der Waals surface area contributed by atoms with Gasteiger partial charge >= 0.3 is 5.97 Å². The first-order valence-electron chi connectivity index (χ1n) is 10.7. The van der Waals surface area contributed by atoms with Gasteiger partial charge in [-0.25, -0.2) is 10.2 Å². The van der Waals surface area contributed by atoms with E-state index in [1.165, 1.54) is 52.9 Å². The maximum atomic E-state index is 12.8. The van der Waals surface area contributed by atoms with E-state index in [1.807, 2.05) is 0 Å². The number of nitrogens with one attached hydrogen (secondary N) is 1. The normalized spacial score (nSPS) is 11.5. The van der Waals surface area contributed by atoms with Gasteiger partial charge in [-0.1, -0.05) is 30.3 Å². The van der Waals surface area contributed by atoms with Gasteiger partial charge in [0, 0.05) is 0 Å². The topological polar surface area (TPSA) is 125 Å². The van der Waals surface area contributed by atoms with Gasteiger partial charge in [0.15, 0.2) is 29.1 Å². The van der Waals surface area contributed by atoms with Crippen LogP contribution in [0.5, 0.6) is 28.7 Å². The second-order valence-corrected chi connectivity index (χ2v) is 7.26. The van der Waals surface area contributed by atoms with Crippen molar-refractivity contribution < 1.29 is 38.4 Å². The first kappa shape index (κ1) is 26.0. The van der Waals surface area contributed by atoms with Crippen molar-refractivity contribution >= 4 is 18.1 Å². The molecule has 0 aliphatic heterocycles. The molecule has 188 valence electrons. The van der Waals surface area contributed by atoms with E-state index >= 15 is 0 Å². The zero-order valence-corrected chi connectivity index (χ0v) is 20.2. The Labute approximate surface area is 208 Å². The van der Waals surface area contributed by atoms with Crippen molar-refractivity contribution in [3.05, 3.63) is 77.4 Å². The molecule has 0 radical (unpaired) electrons. The van der Waals surface area contributed by atoms with Gasteiger partial charge < -0.3 is 28.8 Å². The Bertz CT molecular complexity index is 1220. The van der Waals surface area contributed by atoms with Gasteiger partial charge in [-0.3, -0.25) is 4.79 Å². The van der Waals surface area contributed by atoms with Gasteiger partial charge in [0.25, 0.3) is 5.91 Å². The zero-order valence-electron chi connectivity index (χ0n) is 20.2. The highest BCUT2D eigenvalue weighted by molar-refractivity contribution is 5.93. The minimum atomic E-state index is -1.35. The molecule has 0 saturated heterocycles. The number of ether oxygens (including phenoxy) is 5. The van der Waals surface area contributed by atoms with Crippen LogP contribution in [0.2, 0.25) is 0 Å². The Kier molecular flexibility index (Phi) is 8.84. The highest BCUT2D eigenvalue weighted by atomic mass is 16.6. The van der Waals surface area contributed by atoms with E-state index in [9.17, 15) is 14.7 Å². The Balaban J connectivity index is 1.71. The molecule has 0 aliphatic carbocycles. The van der Waals surface area contributed by atoms with E-state index in [1.54, 1.807) is 42.5 Å². The van der Waals surface area contributed by atoms with Crippen LogP contribution < -0.4 is 29.1 Å². The summed E-state index contributed by atoms with van der Waals surface area (Å²) >= 11 is 0. The summed E-state index contributed by atoms with van der Waals surface area (Å²) in [4.78, 5) is 24.9. The summed E-state index contributed by atoms with van der Waals surface area (Å²) in [6.07, 6.45) is 0.0121. The number of hydrogen-bond acceptors (Lipinski definition) is 9. The first-order valence-corrected chi connectivity index (χ1v) is 10.7. The van der Waals surface area contributed by atoms with Crippen molar-refractivity contribution in [2.75, 3.05) is 28.4 Å². The van der Waals surface area contributed by atoms with Crippen LogP contribution in [0.3, 0.4) is 0 Å². The fourth-order valence-electron chi connectivity index (χ4n) is 3.22. The molecule has 1 amide bonds. The highest BCUT2D eigenvalue weighted by Gasteiger charge is 2.20. The summed E-state index contributed by atoms with van der Waals surface area (Å²) in [5.41, 5.74) is 3.46. The lowest BCUT2D eigenvalue weighted by molar-refractivity contribution is -0.129. The summed E-state index contributed by atoms with van der Waals surface area (Å²) < 4.78 is 26.7. The number of carbonyl (C=O) groups is 2. The number of rotatable bonds is 10. The van der Waals surface area contributed by atoms with Crippen LogP contribution in [0.25, 0.3) is 0 Å². The predicted molar refractivity (Wildman–Crippen MR) is 131 cm³/mol. The Morgan fingerprint density at radius 3 is 2.06 bits per heavy atom. The molecule has 10 heteroatoms. The average Bonchev–Trinajstić information content (AvgIpc) is 2.92. The van der Waals surface area contributed by atoms with Gasteiger partial charge in [-0.2, -0.15) is 5.10 Å². The second kappa shape index (κ2) is 12.2. The number of hydrogen-bond donors (Lipinski definition) is 2. The van der Waals surface area contributed by atoms with Gasteiger partial charge in [-0.15, -0.1) is 0 Å². The SMILES string of the molecule is COc1cc(/C=N/NC(=O)C(O)c2ccccc2)ccc1OC(=O)c1cc(OC)c(OC)c(OC)c1. The lowest BCUT2D eigenvalue weighted by atomic mass is 10.1. The van der Waals surface area contributed by atoms with Crippen molar-refractivity contribution in [3.63, 3.8) is 0 Å². The third-order valence-electron chi connectivity index (χ3n) is 5.04. The third-order valence-corrected chi connectivity index (χ3v) is 5.04. The Hall–Kier alpha value is -4.57. The maximum Gasteiger partial charge on any atom is 0.343 e. The molecule has 0 aliphatic rings. The molecule has 0 bridgehead atoms. The molecular weight excluding hydrogens is 468 g/mol. The molecule has 0 aromatic heterocycles. The molecule has 36 heavy (non-hydrogen) atoms. The summed E-state index contributed by atoms with van der Waals surface area (Å²) in [5.74, 6) is 0.0356. The smallest absolute Gasteiger partial charge is 0.343 e. The predicted octanol–water partition coefficient (Wildman–Crippen LogP) is 3.12. The fraction of sp³-hybridized carbons (Fsp3) is 0.192. The van der Waals surface area contributed by atoms with E-state index in [0.717, 1.165) is 0 Å². The lowest BCUT2D eigenvalue weighted by Crippen LogP contribution is -2.25.